The van der Waals surface area contributed by atoms with Crippen molar-refractivity contribution in [2.24, 2.45) is 0 Å². The third kappa shape index (κ3) is 4.24. The number of carbonyl (C=O) groups is 2. The highest BCUT2D eigenvalue weighted by Crippen LogP contribution is 2.40. The molecule has 9 nitrogen and oxygen atoms in total. The van der Waals surface area contributed by atoms with Gasteiger partial charge in [0.25, 0.3) is 11.7 Å². The van der Waals surface area contributed by atoms with Crippen LogP contribution in [0.15, 0.2) is 59.0 Å². The zero-order valence-electron chi connectivity index (χ0n) is 17.8. The second-order valence-corrected chi connectivity index (χ2v) is 9.54. The standard InChI is InChI=1S/C22H24N2O7S/c1-23(2)32(29,30)17-9-7-14(8-10-17)20(26)18-19(15-5-4-6-16(25)13-15)24(11-12-31-3)22(28)21(18)27/h4-10,13,19,25-26H,11-12H2,1-3H3/t19-/m1/s1. The van der Waals surface area contributed by atoms with Crippen molar-refractivity contribution in [2.75, 3.05) is 34.4 Å². The molecule has 0 saturated carbocycles. The number of aliphatic hydroxyl groups excluding tert-OH is 1. The first kappa shape index (κ1) is 23.5. The number of Topliss-reactive ketones (excluding diaryl/α,β-unsaturated/α-hetero) is 1. The lowest BCUT2D eigenvalue weighted by Gasteiger charge is -2.25. The van der Waals surface area contributed by atoms with Gasteiger partial charge in [0, 0.05) is 33.3 Å². The van der Waals surface area contributed by atoms with Gasteiger partial charge in [0.05, 0.1) is 23.1 Å². The van der Waals surface area contributed by atoms with Crippen LogP contribution in [0.1, 0.15) is 17.2 Å². The van der Waals surface area contributed by atoms with Crippen molar-refractivity contribution in [3.05, 3.63) is 65.2 Å². The summed E-state index contributed by atoms with van der Waals surface area (Å²) >= 11 is 0. The monoisotopic (exact) mass is 460 g/mol. The zero-order chi connectivity index (χ0) is 23.6. The lowest BCUT2D eigenvalue weighted by molar-refractivity contribution is -0.140. The summed E-state index contributed by atoms with van der Waals surface area (Å²) in [5, 5.41) is 20.9. The van der Waals surface area contributed by atoms with Gasteiger partial charge >= 0.3 is 0 Å². The van der Waals surface area contributed by atoms with E-state index in [2.05, 4.69) is 0 Å². The molecule has 0 aromatic heterocycles. The fourth-order valence-corrected chi connectivity index (χ4v) is 4.39. The van der Waals surface area contributed by atoms with E-state index in [-0.39, 0.29) is 34.9 Å². The van der Waals surface area contributed by atoms with Gasteiger partial charge in [-0.2, -0.15) is 0 Å². The predicted molar refractivity (Wildman–Crippen MR) is 116 cm³/mol. The van der Waals surface area contributed by atoms with E-state index in [0.29, 0.717) is 5.56 Å². The van der Waals surface area contributed by atoms with E-state index in [9.17, 15) is 28.2 Å². The molecule has 1 aliphatic rings. The van der Waals surface area contributed by atoms with Gasteiger partial charge < -0.3 is 19.8 Å². The third-order valence-corrected chi connectivity index (χ3v) is 7.00. The molecule has 0 radical (unpaired) electrons. The molecule has 32 heavy (non-hydrogen) atoms. The van der Waals surface area contributed by atoms with Gasteiger partial charge in [0.2, 0.25) is 10.0 Å². The Labute approximate surface area is 186 Å². The van der Waals surface area contributed by atoms with Gasteiger partial charge in [-0.1, -0.05) is 12.1 Å². The Morgan fingerprint density at radius 1 is 1.12 bits per heavy atom. The molecule has 2 aromatic carbocycles. The number of likely N-dealkylation sites (tertiary alicyclic amines) is 1. The molecule has 1 fully saturated rings. The molecule has 1 atom stereocenters. The largest absolute Gasteiger partial charge is 0.508 e. The molecule has 0 aliphatic carbocycles. The SMILES string of the molecule is COCCN1C(=O)C(=O)C(=C(O)c2ccc(S(=O)(=O)N(C)C)cc2)[C@H]1c1cccc(O)c1. The number of ketones is 1. The summed E-state index contributed by atoms with van der Waals surface area (Å²) in [7, 11) is 0.596. The summed E-state index contributed by atoms with van der Waals surface area (Å²) in [5.74, 6) is -2.18. The number of hydrogen-bond donors (Lipinski definition) is 2. The number of benzene rings is 2. The molecule has 1 amide bonds. The van der Waals surface area contributed by atoms with Crippen LogP contribution in [0, 0.1) is 0 Å². The van der Waals surface area contributed by atoms with Crippen LogP contribution in [0.2, 0.25) is 0 Å². The maximum Gasteiger partial charge on any atom is 0.295 e. The highest BCUT2D eigenvalue weighted by atomic mass is 32.2. The smallest absolute Gasteiger partial charge is 0.295 e. The van der Waals surface area contributed by atoms with Gasteiger partial charge in [0.15, 0.2) is 0 Å². The van der Waals surface area contributed by atoms with Crippen LogP contribution in [0.3, 0.4) is 0 Å². The summed E-state index contributed by atoms with van der Waals surface area (Å²) in [4.78, 5) is 26.9. The number of rotatable bonds is 7. The van der Waals surface area contributed by atoms with Crippen LogP contribution in [0.25, 0.3) is 5.76 Å². The third-order valence-electron chi connectivity index (χ3n) is 5.17. The van der Waals surface area contributed by atoms with Crippen molar-refractivity contribution in [3.8, 4) is 5.75 Å². The molecule has 170 valence electrons. The molecular formula is C22H24N2O7S. The van der Waals surface area contributed by atoms with Crippen molar-refractivity contribution >= 4 is 27.5 Å². The Morgan fingerprint density at radius 3 is 2.34 bits per heavy atom. The number of aromatic hydroxyl groups is 1. The average molecular weight is 461 g/mol. The zero-order valence-corrected chi connectivity index (χ0v) is 18.7. The van der Waals surface area contributed by atoms with Gasteiger partial charge in [-0.3, -0.25) is 9.59 Å². The first-order chi connectivity index (χ1) is 15.1. The Bertz CT molecular complexity index is 1170. The Balaban J connectivity index is 2.13. The number of aliphatic hydroxyl groups is 1. The van der Waals surface area contributed by atoms with E-state index >= 15 is 0 Å². The summed E-state index contributed by atoms with van der Waals surface area (Å²) in [6, 6.07) is 10.5. The maximum absolute atomic E-state index is 12.9. The molecule has 10 heteroatoms. The molecule has 0 unspecified atom stereocenters. The maximum atomic E-state index is 12.9. The fraction of sp³-hybridized carbons (Fsp3) is 0.273. The summed E-state index contributed by atoms with van der Waals surface area (Å²) in [5.41, 5.74) is 0.464. The quantitative estimate of drug-likeness (QED) is 0.366. The van der Waals surface area contributed by atoms with Gasteiger partial charge in [-0.05, 0) is 42.0 Å². The minimum Gasteiger partial charge on any atom is -0.508 e. The first-order valence-electron chi connectivity index (χ1n) is 9.68. The van der Waals surface area contributed by atoms with Crippen LogP contribution in [0.5, 0.6) is 5.75 Å². The van der Waals surface area contributed by atoms with Crippen molar-refractivity contribution < 1.29 is 33.0 Å². The van der Waals surface area contributed by atoms with Crippen LogP contribution in [0.4, 0.5) is 0 Å². The van der Waals surface area contributed by atoms with Gasteiger partial charge in [0.1, 0.15) is 11.5 Å². The average Bonchev–Trinajstić information content (AvgIpc) is 3.02. The number of ether oxygens (including phenoxy) is 1. The molecule has 2 aromatic rings. The van der Waals surface area contributed by atoms with E-state index in [1.807, 2.05) is 0 Å². The molecule has 0 spiro atoms. The van der Waals surface area contributed by atoms with Gasteiger partial charge in [-0.25, -0.2) is 12.7 Å². The first-order valence-corrected chi connectivity index (χ1v) is 11.1. The fourth-order valence-electron chi connectivity index (χ4n) is 3.49. The second-order valence-electron chi connectivity index (χ2n) is 7.39. The minimum absolute atomic E-state index is 0.0177. The molecular weight excluding hydrogens is 436 g/mol. The Morgan fingerprint density at radius 2 is 1.78 bits per heavy atom. The van der Waals surface area contributed by atoms with E-state index in [0.717, 1.165) is 4.31 Å². The number of phenols is 1. The van der Waals surface area contributed by atoms with Crippen LogP contribution in [-0.2, 0) is 24.3 Å². The van der Waals surface area contributed by atoms with Crippen molar-refractivity contribution in [1.82, 2.24) is 9.21 Å². The predicted octanol–water partition coefficient (Wildman–Crippen LogP) is 1.71. The van der Waals surface area contributed by atoms with Crippen LogP contribution in [-0.4, -0.2) is 73.9 Å². The number of methoxy groups -OCH3 is 1. The molecule has 1 heterocycles. The van der Waals surface area contributed by atoms with Crippen molar-refractivity contribution in [3.63, 3.8) is 0 Å². The Kier molecular flexibility index (Phi) is 6.68. The number of sulfonamides is 1. The van der Waals surface area contributed by atoms with E-state index < -0.39 is 33.5 Å². The number of phenolic OH excluding ortho intramolecular Hbond substituents is 1. The van der Waals surface area contributed by atoms with Crippen molar-refractivity contribution in [1.29, 1.82) is 0 Å². The molecule has 0 bridgehead atoms. The topological polar surface area (TPSA) is 124 Å². The summed E-state index contributed by atoms with van der Waals surface area (Å²) < 4.78 is 30.7. The minimum atomic E-state index is -3.67. The van der Waals surface area contributed by atoms with Crippen molar-refractivity contribution in [2.45, 2.75) is 10.9 Å². The molecule has 1 saturated heterocycles. The van der Waals surface area contributed by atoms with Gasteiger partial charge in [-0.15, -0.1) is 0 Å². The molecule has 2 N–H and O–H groups in total. The van der Waals surface area contributed by atoms with E-state index in [1.165, 1.54) is 62.5 Å². The normalized spacial score (nSPS) is 18.5. The number of amides is 1. The van der Waals surface area contributed by atoms with Crippen LogP contribution < -0.4 is 0 Å². The summed E-state index contributed by atoms with van der Waals surface area (Å²) in [6.45, 7) is 0.262. The lowest BCUT2D eigenvalue weighted by atomic mass is 9.95. The Hall–Kier alpha value is -3.21. The van der Waals surface area contributed by atoms with E-state index in [4.69, 9.17) is 4.74 Å². The number of carbonyl (C=O) groups excluding carboxylic acids is 2. The number of hydrogen-bond acceptors (Lipinski definition) is 7. The lowest BCUT2D eigenvalue weighted by Crippen LogP contribution is -2.32. The molecule has 1 aliphatic heterocycles. The molecule has 3 rings (SSSR count). The highest BCUT2D eigenvalue weighted by molar-refractivity contribution is 7.89. The second kappa shape index (κ2) is 9.11. The van der Waals surface area contributed by atoms with E-state index in [1.54, 1.807) is 12.1 Å². The summed E-state index contributed by atoms with van der Waals surface area (Å²) in [6.07, 6.45) is 0. The number of nitrogens with zero attached hydrogens (tertiary/aromatic N) is 2. The highest BCUT2D eigenvalue weighted by Gasteiger charge is 2.46. The van der Waals surface area contributed by atoms with Crippen LogP contribution >= 0.6 is 0 Å².